The number of nitrogens with zero attached hydrogens (tertiary/aromatic N) is 3. The Kier molecular flexibility index (Phi) is 11.3. The fraction of sp³-hybridized carbons (Fsp3) is 0.643. The Hall–Kier alpha value is -2.74. The van der Waals surface area contributed by atoms with Gasteiger partial charge in [0.2, 0.25) is 10.0 Å². The molecule has 7 atom stereocenters. The summed E-state index contributed by atoms with van der Waals surface area (Å²) >= 11 is 6.35. The molecule has 0 aromatic heterocycles. The van der Waals surface area contributed by atoms with Crippen molar-refractivity contribution in [2.75, 3.05) is 70.6 Å². The number of anilines is 1. The monoisotopic (exact) mass is 798 g/mol. The zero-order chi connectivity index (χ0) is 38.5. The van der Waals surface area contributed by atoms with E-state index in [2.05, 4.69) is 32.4 Å². The number of carbonyl (C=O) groups is 1. The number of allylic oxidation sites excluding steroid dienone is 1. The van der Waals surface area contributed by atoms with Crippen LogP contribution in [0.3, 0.4) is 0 Å². The molecule has 10 nitrogen and oxygen atoms in total. The van der Waals surface area contributed by atoms with E-state index in [1.165, 1.54) is 5.57 Å². The van der Waals surface area contributed by atoms with E-state index in [0.717, 1.165) is 77.2 Å². The largest absolute Gasteiger partial charge is 0.491 e. The number of sulfonamides is 1. The van der Waals surface area contributed by atoms with Gasteiger partial charge in [0.05, 0.1) is 35.8 Å². The van der Waals surface area contributed by atoms with Crippen LogP contribution in [-0.4, -0.2) is 107 Å². The molecule has 1 saturated carbocycles. The molecule has 0 unspecified atom stereocenters. The second kappa shape index (κ2) is 15.9. The zero-order valence-corrected chi connectivity index (χ0v) is 34.0. The van der Waals surface area contributed by atoms with Crippen LogP contribution in [0.5, 0.6) is 5.75 Å². The van der Waals surface area contributed by atoms with Gasteiger partial charge < -0.3 is 19.1 Å². The van der Waals surface area contributed by atoms with Crippen LogP contribution in [-0.2, 0) is 32.5 Å². The van der Waals surface area contributed by atoms with E-state index in [0.29, 0.717) is 62.2 Å². The van der Waals surface area contributed by atoms with Crippen molar-refractivity contribution < 1.29 is 31.8 Å². The molecule has 13 heteroatoms. The van der Waals surface area contributed by atoms with Crippen LogP contribution in [0.4, 0.5) is 10.1 Å². The van der Waals surface area contributed by atoms with Crippen LogP contribution in [0.2, 0.25) is 5.02 Å². The first kappa shape index (κ1) is 39.1. The van der Waals surface area contributed by atoms with E-state index in [9.17, 15) is 13.2 Å². The molecule has 300 valence electrons. The summed E-state index contributed by atoms with van der Waals surface area (Å²) in [4.78, 5) is 21.1. The van der Waals surface area contributed by atoms with E-state index >= 15 is 4.39 Å². The number of carbonyl (C=O) groups excluding carboxylic acids is 1. The lowest BCUT2D eigenvalue weighted by atomic mass is 9.58. The molecule has 55 heavy (non-hydrogen) atoms. The molecule has 0 radical (unpaired) electrons. The second-order valence-corrected chi connectivity index (χ2v) is 19.2. The molecule has 2 aromatic carbocycles. The van der Waals surface area contributed by atoms with E-state index < -0.39 is 26.8 Å². The summed E-state index contributed by atoms with van der Waals surface area (Å²) < 4.78 is 65.2. The maximum absolute atomic E-state index is 15.8. The molecule has 2 aromatic rings. The van der Waals surface area contributed by atoms with Gasteiger partial charge >= 0.3 is 0 Å². The van der Waals surface area contributed by atoms with Crippen LogP contribution < -0.4 is 14.4 Å². The molecule has 1 N–H and O–H groups in total. The normalized spacial score (nSPS) is 32.9. The van der Waals surface area contributed by atoms with Crippen LogP contribution in [0, 0.1) is 29.5 Å². The number of amides is 1. The van der Waals surface area contributed by atoms with Crippen LogP contribution in [0.15, 0.2) is 42.0 Å². The first-order valence-electron chi connectivity index (χ1n) is 20.4. The van der Waals surface area contributed by atoms with E-state index in [1.807, 2.05) is 13.0 Å². The van der Waals surface area contributed by atoms with Crippen LogP contribution in [0.25, 0.3) is 0 Å². The minimum atomic E-state index is -4.02. The topological polar surface area (TPSA) is 101 Å². The van der Waals surface area contributed by atoms with Gasteiger partial charge in [0, 0.05) is 64.0 Å². The summed E-state index contributed by atoms with van der Waals surface area (Å²) in [7, 11) is -4.02. The maximum atomic E-state index is 15.8. The highest BCUT2D eigenvalue weighted by Crippen LogP contribution is 2.54. The van der Waals surface area contributed by atoms with Gasteiger partial charge in [-0.1, -0.05) is 30.7 Å². The van der Waals surface area contributed by atoms with Crippen molar-refractivity contribution in [1.82, 2.24) is 14.5 Å². The maximum Gasteiger partial charge on any atom is 0.264 e. The summed E-state index contributed by atoms with van der Waals surface area (Å²) in [5.41, 5.74) is 3.07. The predicted octanol–water partition coefficient (Wildman–Crippen LogP) is 6.06. The minimum absolute atomic E-state index is 0.0405. The number of benzene rings is 2. The molecule has 3 fully saturated rings. The number of fused-ring (bicyclic) bond motifs is 6. The predicted molar refractivity (Wildman–Crippen MR) is 212 cm³/mol. The Labute approximate surface area is 330 Å². The summed E-state index contributed by atoms with van der Waals surface area (Å²) in [6.07, 6.45) is 7.01. The summed E-state index contributed by atoms with van der Waals surface area (Å²) in [6, 6.07) is 9.06. The zero-order valence-electron chi connectivity index (χ0n) is 32.4. The fourth-order valence-corrected chi connectivity index (χ4v) is 11.6. The average molecular weight is 799 g/mol. The highest BCUT2D eigenvalue weighted by atomic mass is 35.5. The molecule has 7 aliphatic rings. The standard InChI is InChI=1S/C42H56ClFN4O6S/c1-4-54-42(26-46-14-15-47-16-18-52-25-34(47)24-46)33-19-32(20-33)27(2)28(3)55(50,51)45-41(49)29-10-13-39-38(21-29)48(23-31-8-11-36(31)42)22-30-9-12-37(43)40(44)35(30)7-5-6-17-53-39/h9-10,12-13,19,21,27-28,31-32,34,36H,4-8,11,14-18,20,22-26H2,1-3H3,(H,45,49)/t27-,28-,31+,32+,34+,36-,42+/m1/s1. The lowest BCUT2D eigenvalue weighted by Crippen LogP contribution is -2.64. The van der Waals surface area contributed by atoms with Gasteiger partial charge in [-0.25, -0.2) is 17.5 Å². The van der Waals surface area contributed by atoms with Crippen molar-refractivity contribution >= 4 is 33.2 Å². The fourth-order valence-electron chi connectivity index (χ4n) is 10.1. The third-order valence-corrected chi connectivity index (χ3v) is 15.9. The molecule has 9 rings (SSSR count). The lowest BCUT2D eigenvalue weighted by Gasteiger charge is -2.57. The van der Waals surface area contributed by atoms with Gasteiger partial charge in [-0.05, 0) is 117 Å². The van der Waals surface area contributed by atoms with Crippen molar-refractivity contribution in [3.63, 3.8) is 0 Å². The molecule has 2 aliphatic carbocycles. The first-order valence-corrected chi connectivity index (χ1v) is 22.3. The van der Waals surface area contributed by atoms with Gasteiger partial charge in [-0.15, -0.1) is 0 Å². The average Bonchev–Trinajstić information content (AvgIpc) is 3.16. The Morgan fingerprint density at radius 2 is 1.91 bits per heavy atom. The number of rotatable bonds is 4. The lowest BCUT2D eigenvalue weighted by molar-refractivity contribution is -0.132. The van der Waals surface area contributed by atoms with Gasteiger partial charge in [-0.2, -0.15) is 0 Å². The van der Waals surface area contributed by atoms with Crippen molar-refractivity contribution in [2.24, 2.45) is 23.7 Å². The number of ether oxygens (including phenoxy) is 3. The van der Waals surface area contributed by atoms with Gasteiger partial charge in [0.25, 0.3) is 5.91 Å². The number of piperazine rings is 1. The van der Waals surface area contributed by atoms with Crippen molar-refractivity contribution in [3.8, 4) is 5.75 Å². The Morgan fingerprint density at radius 3 is 2.69 bits per heavy atom. The van der Waals surface area contributed by atoms with Crippen molar-refractivity contribution in [1.29, 1.82) is 0 Å². The van der Waals surface area contributed by atoms with Crippen LogP contribution >= 0.6 is 11.6 Å². The van der Waals surface area contributed by atoms with Gasteiger partial charge in [0.15, 0.2) is 0 Å². The Morgan fingerprint density at radius 1 is 1.07 bits per heavy atom. The molecular weight excluding hydrogens is 743 g/mol. The SMILES string of the molecule is CCO[C@@]1(CN2CCN3CCOC[C@@H]3C2)C2=C[C@@H](C2)[C@H](C)[C@@H](C)S(=O)(=O)NC(=O)c2ccc3c(c2)N(Cc2ccc(Cl)c(F)c2CCCCO3)C[C@@H]2CC[C@H]21. The third kappa shape index (κ3) is 7.56. The first-order chi connectivity index (χ1) is 26.5. The summed E-state index contributed by atoms with van der Waals surface area (Å²) in [5.74, 6) is -0.199. The minimum Gasteiger partial charge on any atom is -0.491 e. The van der Waals surface area contributed by atoms with E-state index in [-0.39, 0.29) is 40.1 Å². The highest BCUT2D eigenvalue weighted by molar-refractivity contribution is 7.90. The van der Waals surface area contributed by atoms with Gasteiger partial charge in [-0.3, -0.25) is 14.6 Å². The smallest absolute Gasteiger partial charge is 0.264 e. The number of morpholine rings is 1. The molecule has 5 heterocycles. The van der Waals surface area contributed by atoms with Gasteiger partial charge in [0.1, 0.15) is 17.2 Å². The van der Waals surface area contributed by atoms with E-state index in [1.54, 1.807) is 31.2 Å². The number of halogens is 2. The Balaban J connectivity index is 1.23. The molecule has 2 saturated heterocycles. The molecule has 4 bridgehead atoms. The number of hydrogen-bond acceptors (Lipinski definition) is 9. The summed E-state index contributed by atoms with van der Waals surface area (Å²) in [5, 5.41) is -0.696. The third-order valence-electron chi connectivity index (χ3n) is 13.7. The highest BCUT2D eigenvalue weighted by Gasteiger charge is 2.55. The molecule has 0 spiro atoms. The van der Waals surface area contributed by atoms with E-state index in [4.69, 9.17) is 25.8 Å². The summed E-state index contributed by atoms with van der Waals surface area (Å²) in [6.45, 7) is 13.8. The molecule has 5 aliphatic heterocycles. The van der Waals surface area contributed by atoms with Crippen molar-refractivity contribution in [3.05, 3.63) is 69.5 Å². The second-order valence-electron chi connectivity index (χ2n) is 16.7. The molecular formula is C42H56ClFN4O6S. The Bertz CT molecular complexity index is 1910. The quantitative estimate of drug-likeness (QED) is 0.370. The van der Waals surface area contributed by atoms with Crippen LogP contribution in [0.1, 0.15) is 74.4 Å². The van der Waals surface area contributed by atoms with Crippen molar-refractivity contribution in [2.45, 2.75) is 82.7 Å². The molecule has 1 amide bonds. The number of nitrogens with one attached hydrogen (secondary N) is 1. The number of hydrogen-bond donors (Lipinski definition) is 1.